The van der Waals surface area contributed by atoms with Crippen LogP contribution >= 0.6 is 11.6 Å². The highest BCUT2D eigenvalue weighted by molar-refractivity contribution is 7.87. The Hall–Kier alpha value is -1.37. The van der Waals surface area contributed by atoms with Crippen molar-refractivity contribution in [1.29, 1.82) is 0 Å². The molecule has 2 rings (SSSR count). The molecular weight excluding hydrogens is 369 g/mol. The molecule has 8 nitrogen and oxygen atoms in total. The summed E-state index contributed by atoms with van der Waals surface area (Å²) in [4.78, 5) is 24.5. The van der Waals surface area contributed by atoms with Gasteiger partial charge in [0.15, 0.2) is 0 Å². The second-order valence-corrected chi connectivity index (χ2v) is 6.44. The SMILES string of the molecule is O=c1ccn([C@H]2C[C@H](OS(=O)(=O)C(F)(F)F)[C@@H](CCl)O2)c(=O)[nH]1. The van der Waals surface area contributed by atoms with E-state index in [-0.39, 0.29) is 12.3 Å². The summed E-state index contributed by atoms with van der Waals surface area (Å²) < 4.78 is 69.5. The van der Waals surface area contributed by atoms with Crippen molar-refractivity contribution in [2.24, 2.45) is 0 Å². The van der Waals surface area contributed by atoms with Gasteiger partial charge in [-0.05, 0) is 0 Å². The second kappa shape index (κ2) is 6.26. The number of nitrogens with one attached hydrogen (secondary N) is 1. The van der Waals surface area contributed by atoms with Crippen molar-refractivity contribution < 1.29 is 30.5 Å². The molecule has 13 heteroatoms. The zero-order chi connectivity index (χ0) is 17.4. The number of halogens is 4. The van der Waals surface area contributed by atoms with Gasteiger partial charge in [-0.1, -0.05) is 0 Å². The average molecular weight is 379 g/mol. The van der Waals surface area contributed by atoms with Crippen LogP contribution < -0.4 is 11.2 Å². The summed E-state index contributed by atoms with van der Waals surface area (Å²) in [6, 6.07) is 1.00. The van der Waals surface area contributed by atoms with Crippen LogP contribution in [0.3, 0.4) is 0 Å². The molecule has 1 aliphatic heterocycles. The minimum Gasteiger partial charge on any atom is -0.351 e. The van der Waals surface area contributed by atoms with Crippen molar-refractivity contribution >= 4 is 21.7 Å². The molecule has 0 amide bonds. The number of rotatable bonds is 4. The highest BCUT2D eigenvalue weighted by Crippen LogP contribution is 2.34. The first-order chi connectivity index (χ1) is 10.5. The van der Waals surface area contributed by atoms with E-state index >= 15 is 0 Å². The molecule has 0 saturated carbocycles. The Labute approximate surface area is 131 Å². The van der Waals surface area contributed by atoms with Crippen LogP contribution in [0.1, 0.15) is 12.6 Å². The number of ether oxygens (including phenoxy) is 1. The van der Waals surface area contributed by atoms with E-state index in [1.54, 1.807) is 0 Å². The van der Waals surface area contributed by atoms with Crippen molar-refractivity contribution in [1.82, 2.24) is 9.55 Å². The average Bonchev–Trinajstić information content (AvgIpc) is 2.79. The van der Waals surface area contributed by atoms with Crippen molar-refractivity contribution in [3.05, 3.63) is 33.1 Å². The quantitative estimate of drug-likeness (QED) is 0.458. The lowest BCUT2D eigenvalue weighted by Crippen LogP contribution is -2.34. The van der Waals surface area contributed by atoms with Gasteiger partial charge in [-0.3, -0.25) is 18.5 Å². The minimum atomic E-state index is -5.83. The first-order valence-corrected chi connectivity index (χ1v) is 8.02. The molecule has 130 valence electrons. The molecule has 1 aromatic heterocycles. The van der Waals surface area contributed by atoms with Gasteiger partial charge in [0.25, 0.3) is 5.56 Å². The lowest BCUT2D eigenvalue weighted by Gasteiger charge is -2.16. The summed E-state index contributed by atoms with van der Waals surface area (Å²) in [5.74, 6) is -0.355. The maximum atomic E-state index is 12.4. The van der Waals surface area contributed by atoms with Gasteiger partial charge < -0.3 is 4.74 Å². The number of alkyl halides is 4. The van der Waals surface area contributed by atoms with Gasteiger partial charge in [0.1, 0.15) is 18.4 Å². The van der Waals surface area contributed by atoms with Gasteiger partial charge in [0.05, 0.1) is 5.88 Å². The smallest absolute Gasteiger partial charge is 0.351 e. The highest BCUT2D eigenvalue weighted by atomic mass is 35.5. The van der Waals surface area contributed by atoms with Gasteiger partial charge in [-0.2, -0.15) is 21.6 Å². The Morgan fingerprint density at radius 2 is 2.09 bits per heavy atom. The number of aromatic amines is 1. The Kier molecular flexibility index (Phi) is 4.89. The first-order valence-electron chi connectivity index (χ1n) is 6.07. The van der Waals surface area contributed by atoms with Crippen molar-refractivity contribution in [3.8, 4) is 0 Å². The molecule has 0 aromatic carbocycles. The van der Waals surface area contributed by atoms with E-state index in [0.717, 1.165) is 16.8 Å². The summed E-state index contributed by atoms with van der Waals surface area (Å²) in [5.41, 5.74) is -7.13. The monoisotopic (exact) mass is 378 g/mol. The number of hydrogen-bond donors (Lipinski definition) is 1. The van der Waals surface area contributed by atoms with E-state index < -0.39 is 45.3 Å². The van der Waals surface area contributed by atoms with E-state index in [9.17, 15) is 31.2 Å². The van der Waals surface area contributed by atoms with Crippen LogP contribution in [0.2, 0.25) is 0 Å². The van der Waals surface area contributed by atoms with Gasteiger partial charge in [-0.25, -0.2) is 4.79 Å². The lowest BCUT2D eigenvalue weighted by atomic mass is 10.2. The standard InChI is InChI=1S/C10H10ClF3N2O6S/c11-4-6-5(22-23(19,20)10(12,13)14)3-8(21-6)16-2-1-7(17)15-9(16)18/h1-2,5-6,8H,3-4H2,(H,15,17,18)/t5-,6+,8+/m0/s1. The summed E-state index contributed by atoms with van der Waals surface area (Å²) in [6.07, 6.45) is -3.15. The number of nitrogens with zero attached hydrogens (tertiary/aromatic N) is 1. The summed E-state index contributed by atoms with van der Waals surface area (Å²) in [6.45, 7) is 0. The van der Waals surface area contributed by atoms with Gasteiger partial charge in [-0.15, -0.1) is 11.6 Å². The van der Waals surface area contributed by atoms with Gasteiger partial charge in [0, 0.05) is 18.7 Å². The predicted molar refractivity (Wildman–Crippen MR) is 70.4 cm³/mol. The van der Waals surface area contributed by atoms with Crippen LogP contribution in [0.4, 0.5) is 13.2 Å². The van der Waals surface area contributed by atoms with Crippen LogP contribution in [0.15, 0.2) is 21.9 Å². The highest BCUT2D eigenvalue weighted by Gasteiger charge is 2.51. The maximum Gasteiger partial charge on any atom is 0.523 e. The molecule has 1 saturated heterocycles. The molecule has 1 aliphatic rings. The summed E-state index contributed by atoms with van der Waals surface area (Å²) in [7, 11) is -5.83. The van der Waals surface area contributed by atoms with E-state index in [4.69, 9.17) is 16.3 Å². The fourth-order valence-electron chi connectivity index (χ4n) is 1.98. The number of aromatic nitrogens is 2. The molecular formula is C10H10ClF3N2O6S. The largest absolute Gasteiger partial charge is 0.523 e. The normalized spacial score (nSPS) is 25.7. The molecule has 0 aliphatic carbocycles. The number of hydrogen-bond acceptors (Lipinski definition) is 6. The fourth-order valence-corrected chi connectivity index (χ4v) is 2.89. The minimum absolute atomic E-state index is 0.355. The Bertz CT molecular complexity index is 789. The second-order valence-electron chi connectivity index (χ2n) is 4.57. The Morgan fingerprint density at radius 1 is 1.43 bits per heavy atom. The molecule has 23 heavy (non-hydrogen) atoms. The van der Waals surface area contributed by atoms with Crippen LogP contribution in [0.5, 0.6) is 0 Å². The molecule has 1 fully saturated rings. The predicted octanol–water partition coefficient (Wildman–Crippen LogP) is 0.298. The van der Waals surface area contributed by atoms with Crippen LogP contribution in [-0.4, -0.2) is 41.6 Å². The van der Waals surface area contributed by atoms with Crippen molar-refractivity contribution in [2.45, 2.75) is 30.4 Å². The van der Waals surface area contributed by atoms with Crippen LogP contribution in [-0.2, 0) is 19.0 Å². The maximum absolute atomic E-state index is 12.4. The summed E-state index contributed by atoms with van der Waals surface area (Å²) in [5, 5.41) is 0. The third kappa shape index (κ3) is 3.76. The first kappa shape index (κ1) is 18.0. The Morgan fingerprint density at radius 3 is 2.61 bits per heavy atom. The molecule has 2 heterocycles. The van der Waals surface area contributed by atoms with Crippen molar-refractivity contribution in [3.63, 3.8) is 0 Å². The fraction of sp³-hybridized carbons (Fsp3) is 0.600. The third-order valence-corrected chi connectivity index (χ3v) is 4.40. The zero-order valence-electron chi connectivity index (χ0n) is 11.1. The van der Waals surface area contributed by atoms with E-state index in [1.807, 2.05) is 4.98 Å². The van der Waals surface area contributed by atoms with Gasteiger partial charge in [0.2, 0.25) is 0 Å². The lowest BCUT2D eigenvalue weighted by molar-refractivity contribution is -0.0603. The molecule has 3 atom stereocenters. The number of H-pyrrole nitrogens is 1. The van der Waals surface area contributed by atoms with E-state index in [2.05, 4.69) is 4.18 Å². The van der Waals surface area contributed by atoms with E-state index in [1.165, 1.54) is 0 Å². The molecule has 0 spiro atoms. The zero-order valence-corrected chi connectivity index (χ0v) is 12.7. The topological polar surface area (TPSA) is 107 Å². The third-order valence-electron chi connectivity index (χ3n) is 3.03. The van der Waals surface area contributed by atoms with E-state index in [0.29, 0.717) is 0 Å². The van der Waals surface area contributed by atoms with Crippen molar-refractivity contribution in [2.75, 3.05) is 5.88 Å². The Balaban J connectivity index is 2.24. The molecule has 1 N–H and O–H groups in total. The summed E-state index contributed by atoms with van der Waals surface area (Å²) >= 11 is 5.54. The molecule has 0 unspecified atom stereocenters. The molecule has 0 bridgehead atoms. The molecule has 0 radical (unpaired) electrons. The van der Waals surface area contributed by atoms with Crippen LogP contribution in [0, 0.1) is 0 Å². The van der Waals surface area contributed by atoms with Crippen LogP contribution in [0.25, 0.3) is 0 Å². The van der Waals surface area contributed by atoms with Gasteiger partial charge >= 0.3 is 21.3 Å². The molecule has 1 aromatic rings.